The molecule has 0 amide bonds. The van der Waals surface area contributed by atoms with Gasteiger partial charge in [-0.25, -0.2) is 9.97 Å². The zero-order chi connectivity index (χ0) is 17.5. The van der Waals surface area contributed by atoms with Gasteiger partial charge in [0.2, 0.25) is 5.88 Å². The highest BCUT2D eigenvalue weighted by Gasteiger charge is 2.06. The lowest BCUT2D eigenvalue weighted by Gasteiger charge is -2.12. The molecule has 0 radical (unpaired) electrons. The molecule has 2 N–H and O–H groups in total. The number of hydrogen-bond donors (Lipinski definition) is 2. The Kier molecular flexibility index (Phi) is 6.54. The summed E-state index contributed by atoms with van der Waals surface area (Å²) < 4.78 is 5.54. The fraction of sp³-hybridized carbons (Fsp3) is 0.471. The van der Waals surface area contributed by atoms with E-state index >= 15 is 0 Å². The van der Waals surface area contributed by atoms with Crippen LogP contribution >= 0.6 is 11.3 Å². The summed E-state index contributed by atoms with van der Waals surface area (Å²) in [6, 6.07) is 3.89. The second-order valence-corrected chi connectivity index (χ2v) is 6.98. The van der Waals surface area contributed by atoms with Gasteiger partial charge in [-0.2, -0.15) is 0 Å². The highest BCUT2D eigenvalue weighted by molar-refractivity contribution is 7.11. The summed E-state index contributed by atoms with van der Waals surface area (Å²) in [5.74, 6) is 1.40. The standard InChI is InChI=1S/C17H25N5OS/c1-11(2)23-16-7-6-14(8-19-16)9-20-17(18-5)21-10-15-12(3)22-13(4)24-15/h6-8,11H,9-10H2,1-5H3,(H2,18,20,21). The molecule has 0 fully saturated rings. The van der Waals surface area contributed by atoms with E-state index in [-0.39, 0.29) is 6.10 Å². The summed E-state index contributed by atoms with van der Waals surface area (Å²) in [6.07, 6.45) is 1.94. The van der Waals surface area contributed by atoms with Gasteiger partial charge in [-0.3, -0.25) is 4.99 Å². The first-order valence-electron chi connectivity index (χ1n) is 7.97. The molecule has 0 unspecified atom stereocenters. The van der Waals surface area contributed by atoms with Gasteiger partial charge in [-0.1, -0.05) is 6.07 Å². The molecule has 0 bridgehead atoms. The number of rotatable bonds is 6. The molecule has 7 heteroatoms. The van der Waals surface area contributed by atoms with Gasteiger partial charge in [0.1, 0.15) is 0 Å². The second-order valence-electron chi connectivity index (χ2n) is 5.69. The van der Waals surface area contributed by atoms with Crippen molar-refractivity contribution in [3.8, 4) is 5.88 Å². The Labute approximate surface area is 147 Å². The first kappa shape index (κ1) is 18.2. The van der Waals surface area contributed by atoms with Gasteiger partial charge < -0.3 is 15.4 Å². The van der Waals surface area contributed by atoms with Crippen LogP contribution in [0, 0.1) is 13.8 Å². The van der Waals surface area contributed by atoms with Crippen LogP contribution in [-0.4, -0.2) is 29.1 Å². The number of nitrogens with one attached hydrogen (secondary N) is 2. The molecule has 0 aliphatic rings. The highest BCUT2D eigenvalue weighted by Crippen LogP contribution is 2.16. The Balaban J connectivity index is 1.84. The van der Waals surface area contributed by atoms with Crippen LogP contribution < -0.4 is 15.4 Å². The Bertz CT molecular complexity index is 679. The Morgan fingerprint density at radius 1 is 1.25 bits per heavy atom. The van der Waals surface area contributed by atoms with E-state index in [1.54, 1.807) is 18.4 Å². The fourth-order valence-corrected chi connectivity index (χ4v) is 3.01. The molecule has 0 aromatic carbocycles. The normalized spacial score (nSPS) is 11.7. The van der Waals surface area contributed by atoms with E-state index in [4.69, 9.17) is 4.74 Å². The molecule has 6 nitrogen and oxygen atoms in total. The van der Waals surface area contributed by atoms with Gasteiger partial charge in [0, 0.05) is 30.7 Å². The van der Waals surface area contributed by atoms with Crippen LogP contribution in [0.5, 0.6) is 5.88 Å². The number of pyridine rings is 1. The van der Waals surface area contributed by atoms with E-state index in [0.717, 1.165) is 28.8 Å². The van der Waals surface area contributed by atoms with Gasteiger partial charge >= 0.3 is 0 Å². The van der Waals surface area contributed by atoms with E-state index in [1.807, 2.05) is 46.0 Å². The van der Waals surface area contributed by atoms with Crippen LogP contribution in [0.4, 0.5) is 0 Å². The number of nitrogens with zero attached hydrogens (tertiary/aromatic N) is 3. The molecule has 0 atom stereocenters. The molecule has 0 saturated heterocycles. The van der Waals surface area contributed by atoms with Gasteiger partial charge in [-0.05, 0) is 33.3 Å². The molecular weight excluding hydrogens is 322 g/mol. The van der Waals surface area contributed by atoms with Crippen molar-refractivity contribution in [3.05, 3.63) is 39.5 Å². The summed E-state index contributed by atoms with van der Waals surface area (Å²) >= 11 is 1.71. The lowest BCUT2D eigenvalue weighted by atomic mass is 10.3. The number of aliphatic imine (C=N–C) groups is 1. The Morgan fingerprint density at radius 2 is 2.00 bits per heavy atom. The Morgan fingerprint density at radius 3 is 2.54 bits per heavy atom. The smallest absolute Gasteiger partial charge is 0.213 e. The third-order valence-electron chi connectivity index (χ3n) is 3.25. The summed E-state index contributed by atoms with van der Waals surface area (Å²) in [6.45, 7) is 9.39. The molecule has 24 heavy (non-hydrogen) atoms. The van der Waals surface area contributed by atoms with Crippen molar-refractivity contribution >= 4 is 17.3 Å². The van der Waals surface area contributed by atoms with Crippen LogP contribution in [0.3, 0.4) is 0 Å². The molecule has 0 saturated carbocycles. The number of aromatic nitrogens is 2. The van der Waals surface area contributed by atoms with Gasteiger partial charge in [0.15, 0.2) is 5.96 Å². The fourth-order valence-electron chi connectivity index (χ4n) is 2.13. The van der Waals surface area contributed by atoms with Crippen molar-refractivity contribution in [2.45, 2.75) is 46.9 Å². The monoisotopic (exact) mass is 347 g/mol. The zero-order valence-corrected chi connectivity index (χ0v) is 15.7. The second kappa shape index (κ2) is 8.63. The van der Waals surface area contributed by atoms with Crippen molar-refractivity contribution in [1.82, 2.24) is 20.6 Å². The molecule has 2 rings (SSSR count). The molecule has 0 aliphatic heterocycles. The molecule has 0 aliphatic carbocycles. The van der Waals surface area contributed by atoms with Crippen LogP contribution in [0.2, 0.25) is 0 Å². The van der Waals surface area contributed by atoms with E-state index in [0.29, 0.717) is 12.4 Å². The van der Waals surface area contributed by atoms with Gasteiger partial charge in [0.05, 0.1) is 23.4 Å². The van der Waals surface area contributed by atoms with E-state index in [9.17, 15) is 0 Å². The lowest BCUT2D eigenvalue weighted by Crippen LogP contribution is -2.36. The summed E-state index contributed by atoms with van der Waals surface area (Å²) in [4.78, 5) is 14.2. The average molecular weight is 347 g/mol. The molecule has 0 spiro atoms. The lowest BCUT2D eigenvalue weighted by molar-refractivity contribution is 0.232. The minimum atomic E-state index is 0.128. The van der Waals surface area contributed by atoms with Crippen molar-refractivity contribution in [1.29, 1.82) is 0 Å². The van der Waals surface area contributed by atoms with Crippen LogP contribution in [-0.2, 0) is 13.1 Å². The Hall–Kier alpha value is -2.15. The molecule has 130 valence electrons. The molecule has 2 heterocycles. The van der Waals surface area contributed by atoms with Crippen molar-refractivity contribution in [2.24, 2.45) is 4.99 Å². The van der Waals surface area contributed by atoms with Crippen LogP contribution in [0.15, 0.2) is 23.3 Å². The van der Waals surface area contributed by atoms with Crippen molar-refractivity contribution in [3.63, 3.8) is 0 Å². The SMILES string of the molecule is CN=C(NCc1ccc(OC(C)C)nc1)NCc1sc(C)nc1C. The number of hydrogen-bond acceptors (Lipinski definition) is 5. The molecule has 2 aromatic heterocycles. The number of guanidine groups is 1. The molecular formula is C17H25N5OS. The largest absolute Gasteiger partial charge is 0.475 e. The topological polar surface area (TPSA) is 71.4 Å². The van der Waals surface area contributed by atoms with Gasteiger partial charge in [0.25, 0.3) is 0 Å². The maximum atomic E-state index is 5.54. The average Bonchev–Trinajstić information content (AvgIpc) is 2.86. The summed E-state index contributed by atoms with van der Waals surface area (Å²) in [5.41, 5.74) is 2.14. The number of aryl methyl sites for hydroxylation is 2. The molecule has 2 aromatic rings. The van der Waals surface area contributed by atoms with Crippen LogP contribution in [0.25, 0.3) is 0 Å². The minimum absolute atomic E-state index is 0.128. The summed E-state index contributed by atoms with van der Waals surface area (Å²) in [7, 11) is 1.76. The third kappa shape index (κ3) is 5.49. The zero-order valence-electron chi connectivity index (χ0n) is 14.9. The van der Waals surface area contributed by atoms with Gasteiger partial charge in [-0.15, -0.1) is 11.3 Å². The van der Waals surface area contributed by atoms with Crippen molar-refractivity contribution < 1.29 is 4.74 Å². The third-order valence-corrected chi connectivity index (χ3v) is 4.33. The van der Waals surface area contributed by atoms with E-state index < -0.39 is 0 Å². The number of ether oxygens (including phenoxy) is 1. The first-order valence-corrected chi connectivity index (χ1v) is 8.78. The quantitative estimate of drug-likeness (QED) is 0.621. The predicted molar refractivity (Wildman–Crippen MR) is 98.6 cm³/mol. The highest BCUT2D eigenvalue weighted by atomic mass is 32.1. The maximum absolute atomic E-state index is 5.54. The van der Waals surface area contributed by atoms with E-state index in [1.165, 1.54) is 4.88 Å². The van der Waals surface area contributed by atoms with Crippen molar-refractivity contribution in [2.75, 3.05) is 7.05 Å². The number of thiazole rings is 1. The summed E-state index contributed by atoms with van der Waals surface area (Å²) in [5, 5.41) is 7.68. The minimum Gasteiger partial charge on any atom is -0.475 e. The predicted octanol–water partition coefficient (Wildman–Crippen LogP) is 2.81. The first-order chi connectivity index (χ1) is 11.5. The maximum Gasteiger partial charge on any atom is 0.213 e. The van der Waals surface area contributed by atoms with Crippen LogP contribution in [0.1, 0.15) is 35.0 Å². The van der Waals surface area contributed by atoms with E-state index in [2.05, 4.69) is 25.6 Å².